The fraction of sp³-hybridized carbons (Fsp3) is 0.429. The number of rotatable bonds is 3. The van der Waals surface area contributed by atoms with Crippen LogP contribution in [0.1, 0.15) is 58.5 Å². The van der Waals surface area contributed by atoms with Crippen LogP contribution in [0.5, 0.6) is 5.75 Å². The van der Waals surface area contributed by atoms with Crippen molar-refractivity contribution < 1.29 is 5.11 Å². The van der Waals surface area contributed by atoms with E-state index in [0.29, 0.717) is 5.75 Å². The molecule has 0 aliphatic carbocycles. The molecular weight excluding hydrogens is 342 g/mol. The minimum atomic E-state index is -0.132. The number of benzene rings is 1. The second-order valence-corrected chi connectivity index (χ2v) is 9.69. The lowest BCUT2D eigenvalue weighted by atomic mass is 9.75. The maximum Gasteiger partial charge on any atom is 0.157 e. The lowest BCUT2D eigenvalue weighted by Gasteiger charge is -2.32. The molecule has 0 aliphatic heterocycles. The highest BCUT2D eigenvalue weighted by Gasteiger charge is 2.30. The molecule has 2 N–H and O–H groups in total. The van der Waals surface area contributed by atoms with Crippen molar-refractivity contribution in [2.75, 3.05) is 0 Å². The molecule has 0 unspecified atom stereocenters. The summed E-state index contributed by atoms with van der Waals surface area (Å²) in [5, 5.41) is 10.6. The first-order chi connectivity index (χ1) is 12.1. The van der Waals surface area contributed by atoms with E-state index in [1.807, 2.05) is 24.3 Å². The Labute approximate surface area is 159 Å². The maximum atomic E-state index is 10.6. The number of aromatic nitrogens is 3. The summed E-state index contributed by atoms with van der Waals surface area (Å²) in [4.78, 5) is 13.4. The number of aromatic hydroxyl groups is 1. The number of thioether (sulfide) groups is 1. The summed E-state index contributed by atoms with van der Waals surface area (Å²) in [7, 11) is 0. The number of nitrogens with one attached hydrogen (secondary N) is 1. The van der Waals surface area contributed by atoms with E-state index in [1.54, 1.807) is 18.0 Å². The molecule has 4 nitrogen and oxygen atoms in total. The van der Waals surface area contributed by atoms with Gasteiger partial charge in [0.1, 0.15) is 17.1 Å². The van der Waals surface area contributed by atoms with Crippen molar-refractivity contribution in [3.8, 4) is 5.75 Å². The Kier molecular flexibility index (Phi) is 4.78. The van der Waals surface area contributed by atoms with Gasteiger partial charge in [0.15, 0.2) is 5.65 Å². The molecule has 0 spiro atoms. The van der Waals surface area contributed by atoms with Gasteiger partial charge in [-0.1, -0.05) is 41.5 Å². The standard InChI is InChI=1S/C21H27N3OS/c1-20(2,3)17-14(25)9-10-15(18(17)21(4,5)6)26-12-16-23-13-8-7-11-22-19(13)24-16/h7-11,25H,12H2,1-6H3,(H,22,23,24). The molecule has 0 saturated carbocycles. The van der Waals surface area contributed by atoms with Crippen molar-refractivity contribution in [3.05, 3.63) is 47.4 Å². The Balaban J connectivity index is 1.99. The summed E-state index contributed by atoms with van der Waals surface area (Å²) in [5.41, 5.74) is 3.75. The third-order valence-corrected chi connectivity index (χ3v) is 5.38. The highest BCUT2D eigenvalue weighted by atomic mass is 32.2. The number of phenols is 1. The minimum Gasteiger partial charge on any atom is -0.508 e. The van der Waals surface area contributed by atoms with Gasteiger partial charge in [0, 0.05) is 16.7 Å². The quantitative estimate of drug-likeness (QED) is 0.594. The third-order valence-electron chi connectivity index (χ3n) is 4.31. The van der Waals surface area contributed by atoms with E-state index in [2.05, 4.69) is 56.5 Å². The smallest absolute Gasteiger partial charge is 0.157 e. The topological polar surface area (TPSA) is 61.8 Å². The SMILES string of the molecule is CC(C)(C)c1c(O)ccc(SCc2nc3cccnc3[nH]2)c1C(C)(C)C. The van der Waals surface area contributed by atoms with Crippen LogP contribution in [0.15, 0.2) is 35.4 Å². The van der Waals surface area contributed by atoms with Crippen LogP contribution in [-0.2, 0) is 16.6 Å². The van der Waals surface area contributed by atoms with E-state index in [0.717, 1.165) is 28.3 Å². The fourth-order valence-electron chi connectivity index (χ4n) is 3.30. The number of nitrogens with zero attached hydrogens (tertiary/aromatic N) is 2. The zero-order valence-electron chi connectivity index (χ0n) is 16.3. The van der Waals surface area contributed by atoms with Gasteiger partial charge in [0.25, 0.3) is 0 Å². The molecule has 0 fully saturated rings. The Hall–Kier alpha value is -2.01. The van der Waals surface area contributed by atoms with Crippen LogP contribution < -0.4 is 0 Å². The number of pyridine rings is 1. The van der Waals surface area contributed by atoms with Gasteiger partial charge in [0.05, 0.1) is 5.75 Å². The molecule has 26 heavy (non-hydrogen) atoms. The summed E-state index contributed by atoms with van der Waals surface area (Å²) < 4.78 is 0. The van der Waals surface area contributed by atoms with Crippen molar-refractivity contribution in [1.29, 1.82) is 0 Å². The van der Waals surface area contributed by atoms with Gasteiger partial charge in [-0.3, -0.25) is 0 Å². The molecule has 3 rings (SSSR count). The highest BCUT2D eigenvalue weighted by molar-refractivity contribution is 7.98. The summed E-state index contributed by atoms with van der Waals surface area (Å²) in [6.45, 7) is 13.1. The third kappa shape index (κ3) is 3.73. The Morgan fingerprint density at radius 1 is 1.00 bits per heavy atom. The molecule has 2 aromatic heterocycles. The van der Waals surface area contributed by atoms with E-state index in [1.165, 1.54) is 10.5 Å². The van der Waals surface area contributed by atoms with Gasteiger partial charge >= 0.3 is 0 Å². The maximum absolute atomic E-state index is 10.6. The number of aromatic amines is 1. The van der Waals surface area contributed by atoms with Crippen LogP contribution in [-0.4, -0.2) is 20.1 Å². The van der Waals surface area contributed by atoms with E-state index in [-0.39, 0.29) is 10.8 Å². The number of fused-ring (bicyclic) bond motifs is 1. The van der Waals surface area contributed by atoms with E-state index >= 15 is 0 Å². The molecule has 0 aliphatic rings. The first-order valence-electron chi connectivity index (χ1n) is 8.87. The number of imidazole rings is 1. The second kappa shape index (κ2) is 6.62. The summed E-state index contributed by atoms with van der Waals surface area (Å²) >= 11 is 1.75. The molecule has 3 aromatic rings. The Bertz CT molecular complexity index is 900. The Morgan fingerprint density at radius 3 is 2.31 bits per heavy atom. The van der Waals surface area contributed by atoms with E-state index < -0.39 is 0 Å². The summed E-state index contributed by atoms with van der Waals surface area (Å²) in [6, 6.07) is 7.70. The van der Waals surface area contributed by atoms with Gasteiger partial charge in [-0.25, -0.2) is 9.97 Å². The molecule has 138 valence electrons. The van der Waals surface area contributed by atoms with Gasteiger partial charge < -0.3 is 10.1 Å². The average molecular weight is 370 g/mol. The van der Waals surface area contributed by atoms with Gasteiger partial charge in [0.2, 0.25) is 0 Å². The van der Waals surface area contributed by atoms with Crippen molar-refractivity contribution in [2.24, 2.45) is 0 Å². The first-order valence-corrected chi connectivity index (χ1v) is 9.85. The van der Waals surface area contributed by atoms with Crippen molar-refractivity contribution >= 4 is 22.9 Å². The monoisotopic (exact) mass is 369 g/mol. The predicted octanol–water partition coefficient (Wildman–Crippen LogP) is 5.55. The van der Waals surface area contributed by atoms with Crippen molar-refractivity contribution in [3.63, 3.8) is 0 Å². The van der Waals surface area contributed by atoms with Crippen LogP contribution in [0.2, 0.25) is 0 Å². The summed E-state index contributed by atoms with van der Waals surface area (Å²) in [5.74, 6) is 2.02. The number of phenolic OH excluding ortho intramolecular Hbond substituents is 1. The molecule has 0 atom stereocenters. The number of hydrogen-bond acceptors (Lipinski definition) is 4. The van der Waals surface area contributed by atoms with Gasteiger partial charge in [-0.2, -0.15) is 0 Å². The molecular formula is C21H27N3OS. The highest BCUT2D eigenvalue weighted by Crippen LogP contribution is 2.44. The van der Waals surface area contributed by atoms with Crippen molar-refractivity contribution in [1.82, 2.24) is 15.0 Å². The van der Waals surface area contributed by atoms with Crippen LogP contribution >= 0.6 is 11.8 Å². The Morgan fingerprint density at radius 2 is 1.69 bits per heavy atom. The zero-order valence-corrected chi connectivity index (χ0v) is 17.2. The normalized spacial score (nSPS) is 12.7. The zero-order chi connectivity index (χ0) is 19.1. The molecule has 0 amide bonds. The number of hydrogen-bond donors (Lipinski definition) is 2. The molecule has 2 heterocycles. The van der Waals surface area contributed by atoms with E-state index in [9.17, 15) is 5.11 Å². The minimum absolute atomic E-state index is 0.0703. The van der Waals surface area contributed by atoms with Crippen molar-refractivity contribution in [2.45, 2.75) is 63.0 Å². The van der Waals surface area contributed by atoms with Gasteiger partial charge in [-0.05, 0) is 40.7 Å². The molecule has 0 saturated heterocycles. The molecule has 0 radical (unpaired) electrons. The van der Waals surface area contributed by atoms with Gasteiger partial charge in [-0.15, -0.1) is 11.8 Å². The fourth-order valence-corrected chi connectivity index (χ4v) is 4.45. The van der Waals surface area contributed by atoms with E-state index in [4.69, 9.17) is 0 Å². The predicted molar refractivity (Wildman–Crippen MR) is 109 cm³/mol. The molecule has 5 heteroatoms. The first kappa shape index (κ1) is 18.8. The second-order valence-electron chi connectivity index (χ2n) is 8.68. The lowest BCUT2D eigenvalue weighted by molar-refractivity contribution is 0.432. The molecule has 1 aromatic carbocycles. The molecule has 0 bridgehead atoms. The number of H-pyrrole nitrogens is 1. The van der Waals surface area contributed by atoms with Crippen LogP contribution in [0.3, 0.4) is 0 Å². The van der Waals surface area contributed by atoms with Crippen LogP contribution in [0, 0.1) is 0 Å². The largest absolute Gasteiger partial charge is 0.508 e. The lowest BCUT2D eigenvalue weighted by Crippen LogP contribution is -2.23. The summed E-state index contributed by atoms with van der Waals surface area (Å²) in [6.07, 6.45) is 1.77. The average Bonchev–Trinajstić information content (AvgIpc) is 2.94. The van der Waals surface area contributed by atoms with Crippen LogP contribution in [0.25, 0.3) is 11.2 Å². The van der Waals surface area contributed by atoms with Crippen LogP contribution in [0.4, 0.5) is 0 Å².